The van der Waals surface area contributed by atoms with Crippen molar-refractivity contribution < 1.29 is 9.90 Å². The van der Waals surface area contributed by atoms with Gasteiger partial charge in [-0.25, -0.2) is 0 Å². The summed E-state index contributed by atoms with van der Waals surface area (Å²) in [6.45, 7) is 8.05. The van der Waals surface area contributed by atoms with Crippen molar-refractivity contribution in [2.24, 2.45) is 0 Å². The largest absolute Gasteiger partial charge is 0.506 e. The monoisotopic (exact) mass is 291 g/mol. The summed E-state index contributed by atoms with van der Waals surface area (Å²) in [6.07, 6.45) is 0.958. The van der Waals surface area contributed by atoms with E-state index in [2.05, 4.69) is 22.0 Å². The Bertz CT molecular complexity index is 470. The van der Waals surface area contributed by atoms with E-state index in [1.807, 2.05) is 25.1 Å². The van der Waals surface area contributed by atoms with Crippen LogP contribution in [0.5, 0.6) is 5.75 Å². The van der Waals surface area contributed by atoms with E-state index in [1.54, 1.807) is 6.07 Å². The number of anilines is 1. The van der Waals surface area contributed by atoms with Crippen LogP contribution >= 0.6 is 0 Å². The lowest BCUT2D eigenvalue weighted by Crippen LogP contribution is -2.54. The van der Waals surface area contributed by atoms with Crippen molar-refractivity contribution in [1.82, 2.24) is 10.2 Å². The average Bonchev–Trinajstić information content (AvgIpc) is 2.52. The molecule has 1 atom stereocenters. The van der Waals surface area contributed by atoms with E-state index in [4.69, 9.17) is 0 Å². The third kappa shape index (κ3) is 3.88. The fraction of sp³-hybridized carbons (Fsp3) is 0.562. The fourth-order valence-corrected chi connectivity index (χ4v) is 2.64. The maximum atomic E-state index is 12.0. The highest BCUT2D eigenvalue weighted by Gasteiger charge is 2.26. The van der Waals surface area contributed by atoms with Crippen LogP contribution < -0.4 is 10.2 Å². The minimum Gasteiger partial charge on any atom is -0.506 e. The zero-order chi connectivity index (χ0) is 15.2. The van der Waals surface area contributed by atoms with Crippen molar-refractivity contribution in [3.63, 3.8) is 0 Å². The Balaban J connectivity index is 1.88. The number of amides is 1. The SMILES string of the molecule is CCCNC(=O)[C@@H](C)N1CCN(c2ccccc2O)CC1. The van der Waals surface area contributed by atoms with Gasteiger partial charge in [-0.3, -0.25) is 9.69 Å². The van der Waals surface area contributed by atoms with Crippen LogP contribution in [0.2, 0.25) is 0 Å². The van der Waals surface area contributed by atoms with Crippen molar-refractivity contribution in [2.75, 3.05) is 37.6 Å². The van der Waals surface area contributed by atoms with Gasteiger partial charge in [0, 0.05) is 32.7 Å². The summed E-state index contributed by atoms with van der Waals surface area (Å²) in [4.78, 5) is 16.4. The van der Waals surface area contributed by atoms with E-state index >= 15 is 0 Å². The van der Waals surface area contributed by atoms with Gasteiger partial charge in [0.2, 0.25) is 5.91 Å². The van der Waals surface area contributed by atoms with Crippen LogP contribution in [0.1, 0.15) is 20.3 Å². The van der Waals surface area contributed by atoms with Gasteiger partial charge >= 0.3 is 0 Å². The molecular weight excluding hydrogens is 266 g/mol. The number of nitrogens with zero attached hydrogens (tertiary/aromatic N) is 2. The molecule has 1 heterocycles. The van der Waals surface area contributed by atoms with Crippen molar-refractivity contribution in [3.05, 3.63) is 24.3 Å². The summed E-state index contributed by atoms with van der Waals surface area (Å²) in [7, 11) is 0. The quantitative estimate of drug-likeness (QED) is 0.862. The Morgan fingerprint density at radius 3 is 2.57 bits per heavy atom. The van der Waals surface area contributed by atoms with E-state index in [9.17, 15) is 9.90 Å². The molecule has 0 unspecified atom stereocenters. The molecule has 1 amide bonds. The number of rotatable bonds is 5. The van der Waals surface area contributed by atoms with Gasteiger partial charge in [0.25, 0.3) is 0 Å². The number of hydrogen-bond acceptors (Lipinski definition) is 4. The molecule has 1 aromatic carbocycles. The lowest BCUT2D eigenvalue weighted by atomic mass is 10.2. The number of benzene rings is 1. The second-order valence-corrected chi connectivity index (χ2v) is 5.48. The smallest absolute Gasteiger partial charge is 0.237 e. The van der Waals surface area contributed by atoms with Gasteiger partial charge in [0.05, 0.1) is 11.7 Å². The molecular formula is C16H25N3O2. The van der Waals surface area contributed by atoms with Gasteiger partial charge in [-0.15, -0.1) is 0 Å². The predicted molar refractivity (Wildman–Crippen MR) is 84.7 cm³/mol. The van der Waals surface area contributed by atoms with Crippen molar-refractivity contribution >= 4 is 11.6 Å². The first-order chi connectivity index (χ1) is 10.1. The molecule has 2 rings (SSSR count). The molecule has 0 aromatic heterocycles. The van der Waals surface area contributed by atoms with Crippen molar-refractivity contribution in [2.45, 2.75) is 26.3 Å². The summed E-state index contributed by atoms with van der Waals surface area (Å²) in [5.74, 6) is 0.424. The number of phenols is 1. The standard InChI is InChI=1S/C16H25N3O2/c1-3-8-17-16(21)13(2)18-9-11-19(12-10-18)14-6-4-5-7-15(14)20/h4-7,13,20H,3,8-12H2,1-2H3,(H,17,21)/t13-/m1/s1. The van der Waals surface area contributed by atoms with Gasteiger partial charge < -0.3 is 15.3 Å². The normalized spacial score (nSPS) is 17.5. The van der Waals surface area contributed by atoms with E-state index in [0.717, 1.165) is 44.8 Å². The van der Waals surface area contributed by atoms with Gasteiger partial charge in [-0.05, 0) is 25.5 Å². The molecule has 0 aliphatic carbocycles. The number of aromatic hydroxyl groups is 1. The molecule has 0 spiro atoms. The maximum Gasteiger partial charge on any atom is 0.237 e. The number of phenolic OH excluding ortho intramolecular Hbond substituents is 1. The minimum absolute atomic E-state index is 0.0944. The van der Waals surface area contributed by atoms with Crippen molar-refractivity contribution in [3.8, 4) is 5.75 Å². The molecule has 21 heavy (non-hydrogen) atoms. The Labute approximate surface area is 126 Å². The van der Waals surface area contributed by atoms with Crippen LogP contribution in [0.25, 0.3) is 0 Å². The highest BCUT2D eigenvalue weighted by molar-refractivity contribution is 5.81. The van der Waals surface area contributed by atoms with Crippen LogP contribution in [-0.4, -0.2) is 54.7 Å². The number of hydrogen-bond donors (Lipinski definition) is 2. The predicted octanol–water partition coefficient (Wildman–Crippen LogP) is 1.43. The van der Waals surface area contributed by atoms with Crippen LogP contribution in [0.4, 0.5) is 5.69 Å². The van der Waals surface area contributed by atoms with Gasteiger partial charge in [-0.1, -0.05) is 19.1 Å². The summed E-state index contributed by atoms with van der Waals surface area (Å²) in [6, 6.07) is 7.31. The molecule has 0 saturated carbocycles. The summed E-state index contributed by atoms with van der Waals surface area (Å²) < 4.78 is 0. The Morgan fingerprint density at radius 1 is 1.29 bits per heavy atom. The summed E-state index contributed by atoms with van der Waals surface area (Å²) >= 11 is 0. The highest BCUT2D eigenvalue weighted by Crippen LogP contribution is 2.27. The molecule has 1 aliphatic rings. The fourth-order valence-electron chi connectivity index (χ4n) is 2.64. The van der Waals surface area contributed by atoms with E-state index in [-0.39, 0.29) is 11.9 Å². The summed E-state index contributed by atoms with van der Waals surface area (Å²) in [5.41, 5.74) is 0.875. The number of carbonyl (C=O) groups is 1. The lowest BCUT2D eigenvalue weighted by Gasteiger charge is -2.38. The first-order valence-electron chi connectivity index (χ1n) is 7.68. The second-order valence-electron chi connectivity index (χ2n) is 5.48. The highest BCUT2D eigenvalue weighted by atomic mass is 16.3. The van der Waals surface area contributed by atoms with Gasteiger partial charge in [-0.2, -0.15) is 0 Å². The first kappa shape index (κ1) is 15.6. The number of piperazine rings is 1. The molecule has 116 valence electrons. The molecule has 5 heteroatoms. The maximum absolute atomic E-state index is 12.0. The molecule has 1 fully saturated rings. The molecule has 5 nitrogen and oxygen atoms in total. The minimum atomic E-state index is -0.0944. The third-order valence-electron chi connectivity index (χ3n) is 4.01. The number of carbonyl (C=O) groups excluding carboxylic acids is 1. The number of nitrogens with one attached hydrogen (secondary N) is 1. The molecule has 1 saturated heterocycles. The van der Waals surface area contributed by atoms with Gasteiger partial charge in [0.1, 0.15) is 5.75 Å². The average molecular weight is 291 g/mol. The van der Waals surface area contributed by atoms with E-state index in [1.165, 1.54) is 0 Å². The Hall–Kier alpha value is -1.75. The Kier molecular flexibility index (Phi) is 5.44. The molecule has 2 N–H and O–H groups in total. The second kappa shape index (κ2) is 7.31. The molecule has 1 aliphatic heterocycles. The van der Waals surface area contributed by atoms with Crippen molar-refractivity contribution in [1.29, 1.82) is 0 Å². The lowest BCUT2D eigenvalue weighted by molar-refractivity contribution is -0.126. The van der Waals surface area contributed by atoms with Crippen LogP contribution in [0, 0.1) is 0 Å². The van der Waals surface area contributed by atoms with Crippen LogP contribution in [0.15, 0.2) is 24.3 Å². The summed E-state index contributed by atoms with van der Waals surface area (Å²) in [5, 5.41) is 12.9. The Morgan fingerprint density at radius 2 is 1.95 bits per heavy atom. The van der Waals surface area contributed by atoms with Gasteiger partial charge in [0.15, 0.2) is 0 Å². The third-order valence-corrected chi connectivity index (χ3v) is 4.01. The van der Waals surface area contributed by atoms with E-state index in [0.29, 0.717) is 5.75 Å². The molecule has 0 radical (unpaired) electrons. The zero-order valence-electron chi connectivity index (χ0n) is 12.9. The molecule has 1 aromatic rings. The van der Waals surface area contributed by atoms with Crippen LogP contribution in [-0.2, 0) is 4.79 Å². The van der Waals surface area contributed by atoms with Crippen LogP contribution in [0.3, 0.4) is 0 Å². The zero-order valence-corrected chi connectivity index (χ0v) is 12.9. The molecule has 0 bridgehead atoms. The first-order valence-corrected chi connectivity index (χ1v) is 7.68. The van der Waals surface area contributed by atoms with E-state index < -0.39 is 0 Å². The number of para-hydroxylation sites is 2. The topological polar surface area (TPSA) is 55.8 Å².